The summed E-state index contributed by atoms with van der Waals surface area (Å²) in [7, 11) is 1.97. The summed E-state index contributed by atoms with van der Waals surface area (Å²) in [6, 6.07) is 10.4. The standard InChI is InChI=1S/C17H21N3O/c1-18-15-8-4-10-20(12-15)16(21)11-14-6-2-5-13-7-3-9-19-17(13)14/h2-3,5-7,9,15,18H,4,8,10-12H2,1H3. The van der Waals surface area contributed by atoms with Gasteiger partial charge in [0.15, 0.2) is 0 Å². The molecule has 110 valence electrons. The van der Waals surface area contributed by atoms with Gasteiger partial charge in [-0.1, -0.05) is 24.3 Å². The summed E-state index contributed by atoms with van der Waals surface area (Å²) in [5.74, 6) is 0.202. The summed E-state index contributed by atoms with van der Waals surface area (Å²) < 4.78 is 0. The molecule has 0 saturated carbocycles. The Bertz CT molecular complexity index is 635. The number of para-hydroxylation sites is 1. The van der Waals surface area contributed by atoms with Gasteiger partial charge in [0, 0.05) is 30.7 Å². The van der Waals surface area contributed by atoms with Crippen molar-refractivity contribution in [1.82, 2.24) is 15.2 Å². The van der Waals surface area contributed by atoms with Crippen molar-refractivity contribution in [3.05, 3.63) is 42.1 Å². The van der Waals surface area contributed by atoms with Gasteiger partial charge in [0.1, 0.15) is 0 Å². The maximum Gasteiger partial charge on any atom is 0.227 e. The Morgan fingerprint density at radius 3 is 3.10 bits per heavy atom. The molecule has 1 atom stereocenters. The molecule has 0 aliphatic carbocycles. The molecule has 0 spiro atoms. The number of carbonyl (C=O) groups is 1. The topological polar surface area (TPSA) is 45.2 Å². The van der Waals surface area contributed by atoms with Crippen LogP contribution in [0.3, 0.4) is 0 Å². The number of hydrogen-bond acceptors (Lipinski definition) is 3. The predicted molar refractivity (Wildman–Crippen MR) is 84.1 cm³/mol. The van der Waals surface area contributed by atoms with Gasteiger partial charge in [-0.15, -0.1) is 0 Å². The highest BCUT2D eigenvalue weighted by atomic mass is 16.2. The molecule has 2 heterocycles. The second kappa shape index (κ2) is 6.22. The van der Waals surface area contributed by atoms with Crippen LogP contribution in [0.15, 0.2) is 36.5 Å². The van der Waals surface area contributed by atoms with Crippen molar-refractivity contribution in [2.24, 2.45) is 0 Å². The van der Waals surface area contributed by atoms with Crippen molar-refractivity contribution in [3.63, 3.8) is 0 Å². The van der Waals surface area contributed by atoms with Crippen LogP contribution in [0.4, 0.5) is 0 Å². The molecular formula is C17H21N3O. The maximum atomic E-state index is 12.5. The third-order valence-electron chi connectivity index (χ3n) is 4.24. The van der Waals surface area contributed by atoms with E-state index in [1.165, 1.54) is 0 Å². The molecule has 1 saturated heterocycles. The van der Waals surface area contributed by atoms with Gasteiger partial charge in [-0.3, -0.25) is 9.78 Å². The highest BCUT2D eigenvalue weighted by molar-refractivity contribution is 5.87. The number of aromatic nitrogens is 1. The van der Waals surface area contributed by atoms with Gasteiger partial charge in [0.2, 0.25) is 5.91 Å². The number of pyridine rings is 1. The minimum Gasteiger partial charge on any atom is -0.341 e. The summed E-state index contributed by atoms with van der Waals surface area (Å²) in [4.78, 5) is 18.9. The summed E-state index contributed by atoms with van der Waals surface area (Å²) in [6.07, 6.45) is 4.44. The molecule has 4 heteroatoms. The van der Waals surface area contributed by atoms with Gasteiger partial charge in [0.05, 0.1) is 11.9 Å². The fourth-order valence-electron chi connectivity index (χ4n) is 3.02. The number of piperidine rings is 1. The minimum atomic E-state index is 0.202. The Morgan fingerprint density at radius 1 is 1.38 bits per heavy atom. The molecule has 1 aromatic carbocycles. The zero-order valence-electron chi connectivity index (χ0n) is 12.4. The number of benzene rings is 1. The third-order valence-corrected chi connectivity index (χ3v) is 4.24. The molecule has 2 aromatic rings. The fourth-order valence-corrected chi connectivity index (χ4v) is 3.02. The van der Waals surface area contributed by atoms with Crippen LogP contribution in [0, 0.1) is 0 Å². The largest absolute Gasteiger partial charge is 0.341 e. The quantitative estimate of drug-likeness (QED) is 0.937. The molecule has 1 unspecified atom stereocenters. The van der Waals surface area contributed by atoms with Gasteiger partial charge in [0.25, 0.3) is 0 Å². The average Bonchev–Trinajstić information content (AvgIpc) is 2.55. The lowest BCUT2D eigenvalue weighted by atomic mass is 10.0. The van der Waals surface area contributed by atoms with Gasteiger partial charge < -0.3 is 10.2 Å². The molecule has 3 rings (SSSR count). The van der Waals surface area contributed by atoms with Crippen LogP contribution in [-0.2, 0) is 11.2 Å². The van der Waals surface area contributed by atoms with E-state index in [9.17, 15) is 4.79 Å². The summed E-state index contributed by atoms with van der Waals surface area (Å²) in [6.45, 7) is 1.68. The van der Waals surface area contributed by atoms with Crippen LogP contribution in [0.5, 0.6) is 0 Å². The summed E-state index contributed by atoms with van der Waals surface area (Å²) in [5, 5.41) is 4.37. The first-order valence-electron chi connectivity index (χ1n) is 7.55. The zero-order valence-corrected chi connectivity index (χ0v) is 12.4. The normalized spacial score (nSPS) is 18.9. The van der Waals surface area contributed by atoms with E-state index < -0.39 is 0 Å². The molecule has 1 aliphatic rings. The smallest absolute Gasteiger partial charge is 0.227 e. The monoisotopic (exact) mass is 283 g/mol. The molecule has 0 radical (unpaired) electrons. The van der Waals surface area contributed by atoms with Crippen molar-refractivity contribution < 1.29 is 4.79 Å². The number of likely N-dealkylation sites (N-methyl/N-ethyl adjacent to an activating group) is 1. The molecule has 1 amide bonds. The van der Waals surface area contributed by atoms with Crippen molar-refractivity contribution >= 4 is 16.8 Å². The third kappa shape index (κ3) is 3.05. The van der Waals surface area contributed by atoms with E-state index in [2.05, 4.69) is 10.3 Å². The van der Waals surface area contributed by atoms with E-state index in [4.69, 9.17) is 0 Å². The van der Waals surface area contributed by atoms with Gasteiger partial charge >= 0.3 is 0 Å². The molecule has 21 heavy (non-hydrogen) atoms. The average molecular weight is 283 g/mol. The predicted octanol–water partition coefficient (Wildman–Crippen LogP) is 1.99. The van der Waals surface area contributed by atoms with Gasteiger partial charge in [-0.05, 0) is 31.5 Å². The Kier molecular flexibility index (Phi) is 4.15. The second-order valence-electron chi connectivity index (χ2n) is 5.64. The lowest BCUT2D eigenvalue weighted by molar-refractivity contribution is -0.131. The Hall–Kier alpha value is -1.94. The number of amides is 1. The van der Waals surface area contributed by atoms with Crippen molar-refractivity contribution in [1.29, 1.82) is 0 Å². The highest BCUT2D eigenvalue weighted by Crippen LogP contribution is 2.18. The van der Waals surface area contributed by atoms with Crippen LogP contribution in [0.2, 0.25) is 0 Å². The fraction of sp³-hybridized carbons (Fsp3) is 0.412. The number of nitrogens with zero attached hydrogens (tertiary/aromatic N) is 2. The summed E-state index contributed by atoms with van der Waals surface area (Å²) in [5.41, 5.74) is 1.96. The molecule has 1 N–H and O–H groups in total. The Labute approximate surface area is 125 Å². The van der Waals surface area contributed by atoms with Crippen molar-refractivity contribution in [3.8, 4) is 0 Å². The van der Waals surface area contributed by atoms with Crippen molar-refractivity contribution in [2.45, 2.75) is 25.3 Å². The minimum absolute atomic E-state index is 0.202. The van der Waals surface area contributed by atoms with Crippen LogP contribution in [-0.4, -0.2) is 42.0 Å². The van der Waals surface area contributed by atoms with E-state index in [1.54, 1.807) is 6.20 Å². The lowest BCUT2D eigenvalue weighted by Gasteiger charge is -2.32. The number of likely N-dealkylation sites (tertiary alicyclic amines) is 1. The maximum absolute atomic E-state index is 12.5. The molecule has 0 bridgehead atoms. The number of carbonyl (C=O) groups excluding carboxylic acids is 1. The number of rotatable bonds is 3. The molecule has 1 fully saturated rings. The van der Waals surface area contributed by atoms with E-state index in [0.717, 1.165) is 42.4 Å². The first-order valence-corrected chi connectivity index (χ1v) is 7.55. The van der Waals surface area contributed by atoms with E-state index in [1.807, 2.05) is 42.3 Å². The Morgan fingerprint density at radius 2 is 2.24 bits per heavy atom. The van der Waals surface area contributed by atoms with E-state index in [0.29, 0.717) is 12.5 Å². The molecule has 4 nitrogen and oxygen atoms in total. The second-order valence-corrected chi connectivity index (χ2v) is 5.64. The molecular weight excluding hydrogens is 262 g/mol. The SMILES string of the molecule is CNC1CCCN(C(=O)Cc2cccc3cccnc23)C1. The number of nitrogens with one attached hydrogen (secondary N) is 1. The van der Waals surface area contributed by atoms with Gasteiger partial charge in [-0.25, -0.2) is 0 Å². The van der Waals surface area contributed by atoms with E-state index >= 15 is 0 Å². The molecule has 1 aliphatic heterocycles. The van der Waals surface area contributed by atoms with Gasteiger partial charge in [-0.2, -0.15) is 0 Å². The van der Waals surface area contributed by atoms with Crippen LogP contribution in [0.1, 0.15) is 18.4 Å². The van der Waals surface area contributed by atoms with E-state index in [-0.39, 0.29) is 5.91 Å². The number of hydrogen-bond donors (Lipinski definition) is 1. The first-order chi connectivity index (χ1) is 10.3. The highest BCUT2D eigenvalue weighted by Gasteiger charge is 2.22. The number of fused-ring (bicyclic) bond motifs is 1. The van der Waals surface area contributed by atoms with Crippen molar-refractivity contribution in [2.75, 3.05) is 20.1 Å². The first kappa shape index (κ1) is 14.0. The summed E-state index contributed by atoms with van der Waals surface area (Å²) >= 11 is 0. The zero-order chi connectivity index (χ0) is 14.7. The van der Waals surface area contributed by atoms with Crippen LogP contribution in [0.25, 0.3) is 10.9 Å². The van der Waals surface area contributed by atoms with Crippen LogP contribution < -0.4 is 5.32 Å². The van der Waals surface area contributed by atoms with Crippen LogP contribution >= 0.6 is 0 Å². The lowest BCUT2D eigenvalue weighted by Crippen LogP contribution is -2.47. The molecule has 1 aromatic heterocycles. The Balaban J connectivity index is 1.77.